The Morgan fingerprint density at radius 3 is 2.69 bits per heavy atom. The first-order chi connectivity index (χ1) is 6.18. The highest BCUT2D eigenvalue weighted by molar-refractivity contribution is 5.81. The van der Waals surface area contributed by atoms with E-state index in [1.54, 1.807) is 4.68 Å². The summed E-state index contributed by atoms with van der Waals surface area (Å²) in [5, 5.41) is 1.22. The lowest BCUT2D eigenvalue weighted by atomic mass is 10.0. The van der Waals surface area contributed by atoms with E-state index in [0.717, 1.165) is 5.52 Å². The second-order valence-electron chi connectivity index (χ2n) is 3.70. The van der Waals surface area contributed by atoms with Crippen molar-refractivity contribution < 1.29 is 0 Å². The summed E-state index contributed by atoms with van der Waals surface area (Å²) < 4.78 is 1.65. The molecule has 0 unspecified atom stereocenters. The van der Waals surface area contributed by atoms with Crippen LogP contribution in [-0.4, -0.2) is 4.68 Å². The van der Waals surface area contributed by atoms with E-state index in [4.69, 9.17) is 5.84 Å². The number of nitrogen functional groups attached to an aromatic ring is 1. The summed E-state index contributed by atoms with van der Waals surface area (Å²) in [5.74, 6) is 6.29. The molecule has 0 aliphatic rings. The van der Waals surface area contributed by atoms with E-state index in [0.29, 0.717) is 5.92 Å². The van der Waals surface area contributed by atoms with Gasteiger partial charge in [0.05, 0.1) is 5.52 Å². The van der Waals surface area contributed by atoms with E-state index in [1.165, 1.54) is 10.9 Å². The van der Waals surface area contributed by atoms with Gasteiger partial charge in [0.2, 0.25) is 0 Å². The van der Waals surface area contributed by atoms with E-state index in [-0.39, 0.29) is 0 Å². The van der Waals surface area contributed by atoms with Crippen LogP contribution < -0.4 is 5.84 Å². The Morgan fingerprint density at radius 1 is 1.23 bits per heavy atom. The van der Waals surface area contributed by atoms with Crippen LogP contribution in [0.5, 0.6) is 0 Å². The highest BCUT2D eigenvalue weighted by atomic mass is 15.3. The Morgan fingerprint density at radius 2 is 2.00 bits per heavy atom. The Balaban J connectivity index is 2.63. The zero-order chi connectivity index (χ0) is 9.42. The first-order valence-corrected chi connectivity index (χ1v) is 4.54. The second kappa shape index (κ2) is 2.80. The maximum absolute atomic E-state index is 5.72. The number of rotatable bonds is 1. The molecule has 0 amide bonds. The molecule has 0 saturated heterocycles. The van der Waals surface area contributed by atoms with Gasteiger partial charge < -0.3 is 5.84 Å². The van der Waals surface area contributed by atoms with E-state index >= 15 is 0 Å². The number of nitrogens with zero attached hydrogens (tertiary/aromatic N) is 1. The third-order valence-corrected chi connectivity index (χ3v) is 2.41. The molecule has 2 rings (SSSR count). The molecule has 0 spiro atoms. The third-order valence-electron chi connectivity index (χ3n) is 2.41. The van der Waals surface area contributed by atoms with Crippen molar-refractivity contribution in [2.24, 2.45) is 0 Å². The molecule has 68 valence electrons. The maximum Gasteiger partial charge on any atom is 0.0690 e. The largest absolute Gasteiger partial charge is 0.339 e. The minimum Gasteiger partial charge on any atom is -0.339 e. The van der Waals surface area contributed by atoms with Gasteiger partial charge in [-0.2, -0.15) is 0 Å². The fourth-order valence-electron chi connectivity index (χ4n) is 1.54. The van der Waals surface area contributed by atoms with Crippen LogP contribution in [0.25, 0.3) is 10.9 Å². The minimum atomic E-state index is 0.575. The first-order valence-electron chi connectivity index (χ1n) is 4.54. The Kier molecular flexibility index (Phi) is 1.76. The molecule has 0 aliphatic heterocycles. The van der Waals surface area contributed by atoms with Crippen molar-refractivity contribution in [1.82, 2.24) is 4.68 Å². The lowest BCUT2D eigenvalue weighted by Gasteiger charge is -2.05. The summed E-state index contributed by atoms with van der Waals surface area (Å²) in [6, 6.07) is 8.45. The number of aromatic nitrogens is 1. The van der Waals surface area contributed by atoms with Crippen LogP contribution in [0.4, 0.5) is 0 Å². The summed E-state index contributed by atoms with van der Waals surface area (Å²) in [5.41, 5.74) is 2.45. The van der Waals surface area contributed by atoms with Gasteiger partial charge in [0.25, 0.3) is 0 Å². The molecular formula is C11H14N2. The molecule has 0 aliphatic carbocycles. The molecule has 2 heteroatoms. The molecule has 0 radical (unpaired) electrons. The summed E-state index contributed by atoms with van der Waals surface area (Å²) in [4.78, 5) is 0. The molecule has 0 bridgehead atoms. The average molecular weight is 174 g/mol. The summed E-state index contributed by atoms with van der Waals surface area (Å²) in [6.45, 7) is 4.39. The van der Waals surface area contributed by atoms with E-state index in [9.17, 15) is 0 Å². The van der Waals surface area contributed by atoms with Crippen molar-refractivity contribution >= 4 is 10.9 Å². The van der Waals surface area contributed by atoms with Crippen LogP contribution in [0.15, 0.2) is 30.5 Å². The fraction of sp³-hybridized carbons (Fsp3) is 0.273. The maximum atomic E-state index is 5.72. The van der Waals surface area contributed by atoms with Gasteiger partial charge >= 0.3 is 0 Å². The highest BCUT2D eigenvalue weighted by Gasteiger charge is 2.02. The standard InChI is InChI=1S/C11H14N2/c1-8(2)9-3-4-11-10(7-9)5-6-13(11)12/h3-8H,12H2,1-2H3. The Bertz CT molecular complexity index is 427. The third kappa shape index (κ3) is 1.28. The quantitative estimate of drug-likeness (QED) is 0.661. The lowest BCUT2D eigenvalue weighted by molar-refractivity contribution is 0.868. The van der Waals surface area contributed by atoms with Crippen molar-refractivity contribution in [3.63, 3.8) is 0 Å². The van der Waals surface area contributed by atoms with Crippen LogP contribution in [0.2, 0.25) is 0 Å². The molecule has 0 saturated carbocycles. The zero-order valence-corrected chi connectivity index (χ0v) is 7.99. The van der Waals surface area contributed by atoms with Crippen LogP contribution in [0.3, 0.4) is 0 Å². The fourth-order valence-corrected chi connectivity index (χ4v) is 1.54. The molecule has 2 N–H and O–H groups in total. The van der Waals surface area contributed by atoms with Gasteiger partial charge in [0, 0.05) is 11.6 Å². The molecule has 0 fully saturated rings. The smallest absolute Gasteiger partial charge is 0.0690 e. The summed E-state index contributed by atoms with van der Waals surface area (Å²) in [6.07, 6.45) is 1.88. The second-order valence-corrected chi connectivity index (χ2v) is 3.70. The zero-order valence-electron chi connectivity index (χ0n) is 7.99. The summed E-state index contributed by atoms with van der Waals surface area (Å²) >= 11 is 0. The molecular weight excluding hydrogens is 160 g/mol. The minimum absolute atomic E-state index is 0.575. The predicted molar refractivity (Wildman–Crippen MR) is 56.2 cm³/mol. The first kappa shape index (κ1) is 8.17. The van der Waals surface area contributed by atoms with Crippen molar-refractivity contribution in [2.45, 2.75) is 19.8 Å². The van der Waals surface area contributed by atoms with E-state index in [1.807, 2.05) is 12.3 Å². The Labute approximate surface area is 77.9 Å². The van der Waals surface area contributed by atoms with E-state index < -0.39 is 0 Å². The number of benzene rings is 1. The highest BCUT2D eigenvalue weighted by Crippen LogP contribution is 2.20. The Hall–Kier alpha value is -1.44. The summed E-state index contributed by atoms with van der Waals surface area (Å²) in [7, 11) is 0. The van der Waals surface area contributed by atoms with Crippen LogP contribution >= 0.6 is 0 Å². The van der Waals surface area contributed by atoms with Gasteiger partial charge in [-0.15, -0.1) is 0 Å². The van der Waals surface area contributed by atoms with Crippen molar-refractivity contribution in [3.05, 3.63) is 36.0 Å². The SMILES string of the molecule is CC(C)c1ccc2c(ccn2N)c1. The molecule has 13 heavy (non-hydrogen) atoms. The van der Waals surface area contributed by atoms with Gasteiger partial charge in [0.15, 0.2) is 0 Å². The number of hydrogen-bond donors (Lipinski definition) is 1. The molecule has 1 aromatic carbocycles. The van der Waals surface area contributed by atoms with Gasteiger partial charge in [-0.1, -0.05) is 19.9 Å². The molecule has 1 aromatic heterocycles. The topological polar surface area (TPSA) is 30.9 Å². The monoisotopic (exact) mass is 174 g/mol. The number of fused-ring (bicyclic) bond motifs is 1. The number of hydrogen-bond acceptors (Lipinski definition) is 1. The normalized spacial score (nSPS) is 11.3. The van der Waals surface area contributed by atoms with Crippen molar-refractivity contribution in [1.29, 1.82) is 0 Å². The van der Waals surface area contributed by atoms with Gasteiger partial charge in [-0.3, -0.25) is 4.68 Å². The average Bonchev–Trinajstić information content (AvgIpc) is 2.47. The molecule has 2 nitrogen and oxygen atoms in total. The molecule has 2 aromatic rings. The van der Waals surface area contributed by atoms with Crippen LogP contribution in [-0.2, 0) is 0 Å². The number of nitrogens with two attached hydrogens (primary N) is 1. The van der Waals surface area contributed by atoms with Crippen molar-refractivity contribution in [2.75, 3.05) is 5.84 Å². The van der Waals surface area contributed by atoms with Gasteiger partial charge in [0.1, 0.15) is 0 Å². The van der Waals surface area contributed by atoms with Gasteiger partial charge in [-0.05, 0) is 29.7 Å². The van der Waals surface area contributed by atoms with Gasteiger partial charge in [-0.25, -0.2) is 0 Å². The van der Waals surface area contributed by atoms with Crippen LogP contribution in [0, 0.1) is 0 Å². The molecule has 0 atom stereocenters. The van der Waals surface area contributed by atoms with Crippen LogP contribution in [0.1, 0.15) is 25.3 Å². The predicted octanol–water partition coefficient (Wildman–Crippen LogP) is 2.48. The lowest BCUT2D eigenvalue weighted by Crippen LogP contribution is -2.04. The van der Waals surface area contributed by atoms with Crippen molar-refractivity contribution in [3.8, 4) is 0 Å². The van der Waals surface area contributed by atoms with E-state index in [2.05, 4.69) is 32.0 Å². The molecule has 1 heterocycles.